The molecule has 1 saturated heterocycles. The number of hydrogen-bond acceptors (Lipinski definition) is 4. The van der Waals surface area contributed by atoms with Gasteiger partial charge in [0.1, 0.15) is 0 Å². The first-order chi connectivity index (χ1) is 6.99. The maximum atomic E-state index is 10.5. The predicted molar refractivity (Wildman–Crippen MR) is 60.0 cm³/mol. The third-order valence-electron chi connectivity index (χ3n) is 2.78. The van der Waals surface area contributed by atoms with Crippen LogP contribution in [0, 0.1) is 0 Å². The van der Waals surface area contributed by atoms with Crippen LogP contribution in [0.3, 0.4) is 0 Å². The number of aromatic nitrogens is 1. The van der Waals surface area contributed by atoms with E-state index < -0.39 is 5.60 Å². The number of thiazole rings is 1. The quantitative estimate of drug-likeness (QED) is 0.840. The largest absolute Gasteiger partial charge is 0.389 e. The Hall–Kier alpha value is -0.450. The fourth-order valence-electron chi connectivity index (χ4n) is 2.22. The van der Waals surface area contributed by atoms with E-state index in [1.165, 1.54) is 0 Å². The Labute approximate surface area is 94.1 Å². The summed E-state index contributed by atoms with van der Waals surface area (Å²) < 4.78 is 5.60. The summed E-state index contributed by atoms with van der Waals surface area (Å²) >= 11 is 1.60. The zero-order chi connectivity index (χ0) is 10.9. The number of hydrogen-bond donors (Lipinski definition) is 1. The molecule has 4 heteroatoms. The average molecular weight is 227 g/mol. The van der Waals surface area contributed by atoms with Gasteiger partial charge in [-0.2, -0.15) is 0 Å². The summed E-state index contributed by atoms with van der Waals surface area (Å²) in [6.45, 7) is 4.69. The van der Waals surface area contributed by atoms with Gasteiger partial charge >= 0.3 is 0 Å². The lowest BCUT2D eigenvalue weighted by atomic mass is 9.82. The van der Waals surface area contributed by atoms with Gasteiger partial charge in [0.15, 0.2) is 0 Å². The zero-order valence-electron chi connectivity index (χ0n) is 9.19. The molecule has 1 unspecified atom stereocenters. The Kier molecular flexibility index (Phi) is 2.83. The van der Waals surface area contributed by atoms with E-state index in [9.17, 15) is 5.11 Å². The molecule has 1 atom stereocenters. The van der Waals surface area contributed by atoms with E-state index >= 15 is 0 Å². The van der Waals surface area contributed by atoms with Crippen molar-refractivity contribution in [1.82, 2.24) is 4.98 Å². The Morgan fingerprint density at radius 3 is 3.00 bits per heavy atom. The second-order valence-electron chi connectivity index (χ2n) is 4.86. The van der Waals surface area contributed by atoms with Gasteiger partial charge in [0.25, 0.3) is 0 Å². The third-order valence-corrected chi connectivity index (χ3v) is 3.56. The van der Waals surface area contributed by atoms with Gasteiger partial charge in [0.2, 0.25) is 0 Å². The highest BCUT2D eigenvalue weighted by Crippen LogP contribution is 2.34. The van der Waals surface area contributed by atoms with Crippen LogP contribution in [0.2, 0.25) is 0 Å². The van der Waals surface area contributed by atoms with Gasteiger partial charge in [-0.05, 0) is 13.8 Å². The molecular weight excluding hydrogens is 210 g/mol. The lowest BCUT2D eigenvalue weighted by Gasteiger charge is -2.41. The van der Waals surface area contributed by atoms with Crippen LogP contribution in [0.1, 0.15) is 31.7 Å². The second kappa shape index (κ2) is 3.85. The molecule has 1 aliphatic heterocycles. The molecule has 0 spiro atoms. The molecule has 1 aromatic rings. The summed E-state index contributed by atoms with van der Waals surface area (Å²) in [5.74, 6) is 0. The van der Waals surface area contributed by atoms with Gasteiger partial charge in [0.05, 0.1) is 22.8 Å². The third kappa shape index (κ3) is 2.77. The monoisotopic (exact) mass is 227 g/mol. The van der Waals surface area contributed by atoms with E-state index in [1.54, 1.807) is 17.5 Å². The molecule has 84 valence electrons. The predicted octanol–water partition coefficient (Wildman–Crippen LogP) is 2.01. The number of aliphatic hydroxyl groups is 1. The average Bonchev–Trinajstić information content (AvgIpc) is 2.52. The summed E-state index contributed by atoms with van der Waals surface area (Å²) in [4.78, 5) is 4.22. The maximum absolute atomic E-state index is 10.5. The van der Waals surface area contributed by atoms with Crippen molar-refractivity contribution >= 4 is 11.3 Å². The van der Waals surface area contributed by atoms with Crippen LogP contribution in [0.25, 0.3) is 0 Å². The van der Waals surface area contributed by atoms with Gasteiger partial charge in [-0.15, -0.1) is 11.3 Å². The molecule has 3 nitrogen and oxygen atoms in total. The topological polar surface area (TPSA) is 42.4 Å². The van der Waals surface area contributed by atoms with Crippen LogP contribution in [-0.2, 0) is 11.2 Å². The highest BCUT2D eigenvalue weighted by Gasteiger charge is 2.39. The van der Waals surface area contributed by atoms with E-state index in [4.69, 9.17) is 4.74 Å². The first-order valence-corrected chi connectivity index (χ1v) is 6.12. The summed E-state index contributed by atoms with van der Waals surface area (Å²) in [6.07, 6.45) is 3.82. The number of nitrogens with zero attached hydrogens (tertiary/aromatic N) is 1. The lowest BCUT2D eigenvalue weighted by molar-refractivity contribution is -0.143. The van der Waals surface area contributed by atoms with Crippen LogP contribution in [0.5, 0.6) is 0 Å². The van der Waals surface area contributed by atoms with Crippen molar-refractivity contribution in [1.29, 1.82) is 0 Å². The standard InChI is InChI=1S/C11H17NO2S/c1-10(2)8-11(13,3-5-14-10)7-9-12-4-6-15-9/h4,6,13H,3,5,7-8H2,1-2H3. The van der Waals surface area contributed by atoms with Crippen molar-refractivity contribution in [2.45, 2.75) is 44.3 Å². The molecule has 0 saturated carbocycles. The molecule has 0 aromatic carbocycles. The van der Waals surface area contributed by atoms with E-state index in [0.29, 0.717) is 25.9 Å². The van der Waals surface area contributed by atoms with Crippen LogP contribution in [0.4, 0.5) is 0 Å². The molecule has 0 aliphatic carbocycles. The number of ether oxygens (including phenoxy) is 1. The van der Waals surface area contributed by atoms with Gasteiger partial charge in [-0.3, -0.25) is 0 Å². The molecule has 1 aromatic heterocycles. The second-order valence-corrected chi connectivity index (χ2v) is 5.84. The van der Waals surface area contributed by atoms with Crippen LogP contribution >= 0.6 is 11.3 Å². The fraction of sp³-hybridized carbons (Fsp3) is 0.727. The fourth-order valence-corrected chi connectivity index (χ4v) is 2.97. The summed E-state index contributed by atoms with van der Waals surface area (Å²) in [5, 5.41) is 13.4. The minimum Gasteiger partial charge on any atom is -0.389 e. The maximum Gasteiger partial charge on any atom is 0.0953 e. The Balaban J connectivity index is 2.06. The molecular formula is C11H17NO2S. The minimum absolute atomic E-state index is 0.218. The van der Waals surface area contributed by atoms with Crippen molar-refractivity contribution < 1.29 is 9.84 Å². The van der Waals surface area contributed by atoms with E-state index in [0.717, 1.165) is 5.01 Å². The molecule has 2 heterocycles. The first kappa shape index (κ1) is 11.0. The van der Waals surface area contributed by atoms with Gasteiger partial charge < -0.3 is 9.84 Å². The van der Waals surface area contributed by atoms with Crippen LogP contribution < -0.4 is 0 Å². The van der Waals surface area contributed by atoms with E-state index in [2.05, 4.69) is 4.98 Å². The Bertz CT molecular complexity index is 323. The van der Waals surface area contributed by atoms with Crippen LogP contribution in [-0.4, -0.2) is 27.9 Å². The first-order valence-electron chi connectivity index (χ1n) is 5.24. The molecule has 2 rings (SSSR count). The van der Waals surface area contributed by atoms with Gasteiger partial charge in [0, 0.05) is 30.8 Å². The summed E-state index contributed by atoms with van der Waals surface area (Å²) in [5.41, 5.74) is -0.857. The van der Waals surface area contributed by atoms with Gasteiger partial charge in [-0.1, -0.05) is 0 Å². The smallest absolute Gasteiger partial charge is 0.0953 e. The highest BCUT2D eigenvalue weighted by atomic mass is 32.1. The molecule has 15 heavy (non-hydrogen) atoms. The number of rotatable bonds is 2. The molecule has 1 aliphatic rings. The van der Waals surface area contributed by atoms with Crippen molar-refractivity contribution in [2.24, 2.45) is 0 Å². The lowest BCUT2D eigenvalue weighted by Crippen LogP contribution is -2.47. The Morgan fingerprint density at radius 1 is 1.60 bits per heavy atom. The minimum atomic E-state index is -0.639. The van der Waals surface area contributed by atoms with E-state index in [-0.39, 0.29) is 5.60 Å². The van der Waals surface area contributed by atoms with Crippen molar-refractivity contribution in [3.8, 4) is 0 Å². The summed E-state index contributed by atoms with van der Waals surface area (Å²) in [7, 11) is 0. The van der Waals surface area contributed by atoms with Gasteiger partial charge in [-0.25, -0.2) is 4.98 Å². The SMILES string of the molecule is CC1(C)CC(O)(Cc2nccs2)CCO1. The molecule has 1 N–H and O–H groups in total. The van der Waals surface area contributed by atoms with Crippen LogP contribution in [0.15, 0.2) is 11.6 Å². The normalized spacial score (nSPS) is 30.3. The molecule has 0 amide bonds. The van der Waals surface area contributed by atoms with Crippen molar-refractivity contribution in [2.75, 3.05) is 6.61 Å². The van der Waals surface area contributed by atoms with Crippen molar-refractivity contribution in [3.05, 3.63) is 16.6 Å². The molecule has 0 radical (unpaired) electrons. The van der Waals surface area contributed by atoms with E-state index in [1.807, 2.05) is 19.2 Å². The van der Waals surface area contributed by atoms with Crippen molar-refractivity contribution in [3.63, 3.8) is 0 Å². The molecule has 1 fully saturated rings. The highest BCUT2D eigenvalue weighted by molar-refractivity contribution is 7.09. The summed E-state index contributed by atoms with van der Waals surface area (Å²) in [6, 6.07) is 0. The molecule has 0 bridgehead atoms. The zero-order valence-corrected chi connectivity index (χ0v) is 10.0. The Morgan fingerprint density at radius 2 is 2.40 bits per heavy atom.